The van der Waals surface area contributed by atoms with Gasteiger partial charge in [-0.1, -0.05) is 37.6 Å². The smallest absolute Gasteiger partial charge is 0.875 e. The van der Waals surface area contributed by atoms with Gasteiger partial charge in [-0.15, -0.1) is 17.9 Å². The molecule has 0 atom stereocenters. The van der Waals surface area contributed by atoms with Crippen LogP contribution in [0.25, 0.3) is 11.3 Å². The number of benzene rings is 1. The summed E-state index contributed by atoms with van der Waals surface area (Å²) in [5, 5.41) is 10.8. The van der Waals surface area contributed by atoms with Gasteiger partial charge in [0.15, 0.2) is 5.78 Å². The van der Waals surface area contributed by atoms with Crippen molar-refractivity contribution >= 4 is 5.78 Å². The van der Waals surface area contributed by atoms with E-state index in [4.69, 9.17) is 0 Å². The summed E-state index contributed by atoms with van der Waals surface area (Å²) in [6.45, 7) is 5.29. The fraction of sp³-hybridized carbons (Fsp3) is 0.263. The molecule has 0 saturated heterocycles. The van der Waals surface area contributed by atoms with Gasteiger partial charge in [-0.25, -0.2) is 0 Å². The number of aromatic nitrogens is 1. The number of nitrogens with zero attached hydrogens (tertiary/aromatic N) is 1. The second-order valence-corrected chi connectivity index (χ2v) is 5.58. The Kier molecular flexibility index (Phi) is 10.8. The molecule has 2 rings (SSSR count). The monoisotopic (exact) mass is 526 g/mol. The van der Waals surface area contributed by atoms with Gasteiger partial charge in [-0.2, -0.15) is 0 Å². The molecule has 3 nitrogen and oxygen atoms in total. The number of hydrogen-bond acceptors (Lipinski definition) is 3. The molecule has 0 amide bonds. The van der Waals surface area contributed by atoms with Crippen LogP contribution in [0.5, 0.6) is 0 Å². The molecular weight excluding hydrogens is 507 g/mol. The Bertz CT molecular complexity index is 704. The van der Waals surface area contributed by atoms with Gasteiger partial charge in [0, 0.05) is 17.8 Å². The summed E-state index contributed by atoms with van der Waals surface area (Å²) in [4.78, 5) is 14.3. The summed E-state index contributed by atoms with van der Waals surface area (Å²) in [6, 6.07) is 9.53. The molecule has 0 radical (unpaired) electrons. The number of carbonyl (C=O) groups is 1. The minimum absolute atomic E-state index is 0. The number of ketones is 1. The summed E-state index contributed by atoms with van der Waals surface area (Å²) in [7, 11) is 0. The predicted molar refractivity (Wildman–Crippen MR) is 86.6 cm³/mol. The fourth-order valence-electron chi connectivity index (χ4n) is 1.84. The molecule has 1 aromatic heterocycles. The first-order valence-electron chi connectivity index (χ1n) is 7.46. The van der Waals surface area contributed by atoms with Gasteiger partial charge >= 0.3 is 21.1 Å². The molecule has 0 aliphatic heterocycles. The zero-order valence-corrected chi connectivity index (χ0v) is 16.4. The zero-order chi connectivity index (χ0) is 18.1. The number of hydrogen-bond donors (Lipinski definition) is 0. The van der Waals surface area contributed by atoms with E-state index in [-0.39, 0.29) is 38.2 Å². The van der Waals surface area contributed by atoms with Crippen LogP contribution in [0.15, 0.2) is 48.4 Å². The Labute approximate surface area is 161 Å². The van der Waals surface area contributed by atoms with Crippen molar-refractivity contribution in [3.63, 3.8) is 0 Å². The fourth-order valence-corrected chi connectivity index (χ4v) is 1.84. The van der Waals surface area contributed by atoms with Gasteiger partial charge in [0.25, 0.3) is 0 Å². The van der Waals surface area contributed by atoms with Crippen molar-refractivity contribution < 1.29 is 39.7 Å². The molecule has 2 aromatic rings. The molecule has 6 heteroatoms. The van der Waals surface area contributed by atoms with Gasteiger partial charge in [-0.05, 0) is 37.1 Å². The Hall–Kier alpha value is -1.87. The topological polar surface area (TPSA) is 53.0 Å². The van der Waals surface area contributed by atoms with Crippen molar-refractivity contribution in [3.05, 3.63) is 66.1 Å². The molecule has 0 fully saturated rings. The zero-order valence-electron chi connectivity index (χ0n) is 14.2. The van der Waals surface area contributed by atoms with Crippen molar-refractivity contribution in [2.75, 3.05) is 0 Å². The van der Waals surface area contributed by atoms with Crippen LogP contribution in [0.3, 0.4) is 0 Å². The third-order valence-corrected chi connectivity index (χ3v) is 2.75. The van der Waals surface area contributed by atoms with Crippen molar-refractivity contribution in [1.82, 2.24) is 4.98 Å². The van der Waals surface area contributed by atoms with Crippen LogP contribution in [-0.2, 0) is 25.9 Å². The normalized spacial score (nSPS) is 10.6. The largest absolute Gasteiger partial charge is 2.00 e. The first-order chi connectivity index (χ1) is 11.3. The molecule has 1 aromatic carbocycles. The standard InChI is InChI=1S/C11H6F2N.C8H14O2.Pt/c12-8-4-5-9(10(13)7-8)11-3-1-2-6-14-11;1-6(2)4-8(10)5-7(3)9;/h1-4,6-7H;5-6,10H,4H2,1-3H3;/q-1;;+2/p-1/b;8-5-;. The van der Waals surface area contributed by atoms with E-state index in [0.717, 1.165) is 18.2 Å². The molecule has 0 aliphatic carbocycles. The quantitative estimate of drug-likeness (QED) is 0.347. The van der Waals surface area contributed by atoms with Crippen molar-refractivity contribution in [3.8, 4) is 11.3 Å². The molecule has 0 spiro atoms. The van der Waals surface area contributed by atoms with Crippen molar-refractivity contribution in [2.45, 2.75) is 27.2 Å². The average molecular weight is 526 g/mol. The van der Waals surface area contributed by atoms with Crippen molar-refractivity contribution in [1.29, 1.82) is 0 Å². The van der Waals surface area contributed by atoms with Crippen LogP contribution < -0.4 is 5.11 Å². The van der Waals surface area contributed by atoms with Crippen LogP contribution in [0.4, 0.5) is 8.78 Å². The van der Waals surface area contributed by atoms with Gasteiger partial charge in [0.1, 0.15) is 0 Å². The number of pyridine rings is 1. The minimum Gasteiger partial charge on any atom is -0.875 e. The minimum atomic E-state index is -0.649. The summed E-state index contributed by atoms with van der Waals surface area (Å²) in [5.41, 5.74) is 0.636. The predicted octanol–water partition coefficient (Wildman–Crippen LogP) is 3.69. The van der Waals surface area contributed by atoms with Crippen LogP contribution in [0, 0.1) is 23.6 Å². The molecule has 25 heavy (non-hydrogen) atoms. The van der Waals surface area contributed by atoms with Gasteiger partial charge < -0.3 is 10.1 Å². The van der Waals surface area contributed by atoms with E-state index < -0.39 is 11.6 Å². The van der Waals surface area contributed by atoms with Crippen LogP contribution in [0.2, 0.25) is 0 Å². The van der Waals surface area contributed by atoms with Crippen LogP contribution in [0.1, 0.15) is 27.2 Å². The number of rotatable bonds is 4. The Balaban J connectivity index is 0.000000471. The molecule has 0 saturated carbocycles. The maximum Gasteiger partial charge on any atom is 2.00 e. The summed E-state index contributed by atoms with van der Waals surface area (Å²) < 4.78 is 25.8. The van der Waals surface area contributed by atoms with Crippen LogP contribution in [-0.4, -0.2) is 10.8 Å². The first-order valence-corrected chi connectivity index (χ1v) is 7.46. The third-order valence-electron chi connectivity index (χ3n) is 2.75. The van der Waals surface area contributed by atoms with Crippen molar-refractivity contribution in [2.24, 2.45) is 5.92 Å². The summed E-state index contributed by atoms with van der Waals surface area (Å²) >= 11 is 0. The second-order valence-electron chi connectivity index (χ2n) is 5.58. The second kappa shape index (κ2) is 11.6. The maximum absolute atomic E-state index is 13.2. The molecular formula is C19H19F2NO2Pt. The molecule has 1 heterocycles. The van der Waals surface area contributed by atoms with E-state index in [9.17, 15) is 18.7 Å². The number of allylic oxidation sites excluding steroid dienone is 2. The summed E-state index contributed by atoms with van der Waals surface area (Å²) in [6.07, 6.45) is 3.17. The maximum atomic E-state index is 13.2. The van der Waals surface area contributed by atoms with E-state index in [0.29, 0.717) is 18.0 Å². The molecule has 136 valence electrons. The SMILES string of the molecule is CC(=O)/C=C(\[O-])CC(C)C.Fc1c[c-]c(-c2ccccn2)c(F)c1.[Pt+2]. The third kappa shape index (κ3) is 9.25. The molecule has 0 bridgehead atoms. The Morgan fingerprint density at radius 1 is 1.36 bits per heavy atom. The van der Waals surface area contributed by atoms with E-state index in [1.165, 1.54) is 6.92 Å². The summed E-state index contributed by atoms with van der Waals surface area (Å²) in [5.74, 6) is -1.18. The van der Waals surface area contributed by atoms with E-state index in [2.05, 4.69) is 11.1 Å². The molecule has 0 N–H and O–H groups in total. The number of carbonyl (C=O) groups excluding carboxylic acids is 1. The average Bonchev–Trinajstić information content (AvgIpc) is 2.47. The van der Waals surface area contributed by atoms with E-state index in [1.54, 1.807) is 24.4 Å². The molecule has 0 unspecified atom stereocenters. The van der Waals surface area contributed by atoms with Gasteiger partial charge in [0.2, 0.25) is 0 Å². The first kappa shape index (κ1) is 23.1. The van der Waals surface area contributed by atoms with Gasteiger partial charge in [-0.3, -0.25) is 13.6 Å². The van der Waals surface area contributed by atoms with Gasteiger partial charge in [0.05, 0.1) is 0 Å². The Morgan fingerprint density at radius 3 is 2.52 bits per heavy atom. The Morgan fingerprint density at radius 2 is 2.04 bits per heavy atom. The van der Waals surface area contributed by atoms with E-state index >= 15 is 0 Å². The number of halogens is 2. The van der Waals surface area contributed by atoms with E-state index in [1.807, 2.05) is 13.8 Å². The molecule has 0 aliphatic rings. The van der Waals surface area contributed by atoms with Crippen LogP contribution >= 0.6 is 0 Å².